The van der Waals surface area contributed by atoms with Crippen LogP contribution in [0, 0.1) is 20.8 Å². The van der Waals surface area contributed by atoms with E-state index in [9.17, 15) is 4.79 Å². The molecule has 0 saturated heterocycles. The van der Waals surface area contributed by atoms with Gasteiger partial charge in [0.2, 0.25) is 5.91 Å². The number of para-hydroxylation sites is 1. The molecule has 3 aromatic rings. The van der Waals surface area contributed by atoms with Crippen LogP contribution in [0.15, 0.2) is 24.3 Å². The van der Waals surface area contributed by atoms with E-state index in [1.807, 2.05) is 30.0 Å². The number of aromatic nitrogens is 2. The maximum Gasteiger partial charge on any atom is 0.246 e. The fraction of sp³-hybridized carbons (Fsp3) is 0.350. The van der Waals surface area contributed by atoms with Gasteiger partial charge in [-0.15, -0.1) is 11.3 Å². The lowest BCUT2D eigenvalue weighted by Gasteiger charge is -2.23. The van der Waals surface area contributed by atoms with Gasteiger partial charge in [-0.3, -0.25) is 4.79 Å². The maximum atomic E-state index is 12.9. The van der Waals surface area contributed by atoms with Crippen LogP contribution < -0.4 is 10.2 Å². The summed E-state index contributed by atoms with van der Waals surface area (Å²) in [4.78, 5) is 26.1. The number of thiophene rings is 1. The predicted molar refractivity (Wildman–Crippen MR) is 107 cm³/mol. The Morgan fingerprint density at radius 1 is 1.27 bits per heavy atom. The highest BCUT2D eigenvalue weighted by Gasteiger charge is 2.30. The quantitative estimate of drug-likeness (QED) is 0.761. The molecule has 0 fully saturated rings. The third-order valence-corrected chi connectivity index (χ3v) is 6.12. The molecule has 1 unspecified atom stereocenters. The highest BCUT2D eigenvalue weighted by molar-refractivity contribution is 7.18. The van der Waals surface area contributed by atoms with Crippen molar-refractivity contribution in [1.29, 1.82) is 0 Å². The molecule has 0 aliphatic carbocycles. The van der Waals surface area contributed by atoms with Crippen LogP contribution >= 0.6 is 11.3 Å². The van der Waals surface area contributed by atoms with E-state index in [0.717, 1.165) is 28.1 Å². The fourth-order valence-corrected chi connectivity index (χ4v) is 4.75. The molecule has 1 aromatic carbocycles. The van der Waals surface area contributed by atoms with Gasteiger partial charge in [0.1, 0.15) is 16.5 Å². The third-order valence-electron chi connectivity index (χ3n) is 5.02. The number of benzene rings is 1. The smallest absolute Gasteiger partial charge is 0.246 e. The van der Waals surface area contributed by atoms with Crippen LogP contribution in [-0.2, 0) is 11.2 Å². The van der Waals surface area contributed by atoms with Crippen molar-refractivity contribution >= 4 is 39.0 Å². The molecule has 0 saturated carbocycles. The largest absolute Gasteiger partial charge is 0.360 e. The number of nitrogens with one attached hydrogen (secondary N) is 1. The van der Waals surface area contributed by atoms with Crippen molar-refractivity contribution in [1.82, 2.24) is 9.97 Å². The summed E-state index contributed by atoms with van der Waals surface area (Å²) in [5.41, 5.74) is 3.44. The van der Waals surface area contributed by atoms with Gasteiger partial charge in [-0.05, 0) is 51.3 Å². The maximum absolute atomic E-state index is 12.9. The van der Waals surface area contributed by atoms with Crippen LogP contribution in [0.25, 0.3) is 10.2 Å². The van der Waals surface area contributed by atoms with E-state index in [1.54, 1.807) is 11.3 Å². The van der Waals surface area contributed by atoms with Crippen LogP contribution in [0.4, 0.5) is 11.5 Å². The molecule has 4 rings (SSSR count). The number of carbonyl (C=O) groups is 1. The second-order valence-electron chi connectivity index (χ2n) is 6.88. The molecular formula is C20H22N4OS. The topological polar surface area (TPSA) is 58.1 Å². The summed E-state index contributed by atoms with van der Waals surface area (Å²) in [6.07, 6.45) is 0.904. The lowest BCUT2D eigenvalue weighted by atomic mass is 10.1. The summed E-state index contributed by atoms with van der Waals surface area (Å²) in [6, 6.07) is 8.32. The Balaban J connectivity index is 1.60. The molecule has 1 amide bonds. The summed E-state index contributed by atoms with van der Waals surface area (Å²) in [7, 11) is 0. The summed E-state index contributed by atoms with van der Waals surface area (Å²) in [5.74, 6) is 1.54. The van der Waals surface area contributed by atoms with Gasteiger partial charge in [-0.2, -0.15) is 0 Å². The number of rotatable bonds is 3. The Bertz CT molecular complexity index is 1010. The van der Waals surface area contributed by atoms with Crippen molar-refractivity contribution < 1.29 is 4.79 Å². The molecule has 1 aliphatic rings. The van der Waals surface area contributed by atoms with Crippen molar-refractivity contribution in [2.45, 2.75) is 40.2 Å². The number of fused-ring (bicyclic) bond motifs is 2. The van der Waals surface area contributed by atoms with Crippen LogP contribution in [0.1, 0.15) is 28.8 Å². The Hall–Kier alpha value is -2.47. The minimum atomic E-state index is 0.0662. The number of hydrogen-bond acceptors (Lipinski definition) is 5. The first kappa shape index (κ1) is 17.0. The Kier molecular flexibility index (Phi) is 4.15. The molecule has 0 radical (unpaired) electrons. The first-order chi connectivity index (χ1) is 12.5. The minimum absolute atomic E-state index is 0.0662. The summed E-state index contributed by atoms with van der Waals surface area (Å²) in [5, 5.41) is 4.30. The van der Waals surface area contributed by atoms with Crippen molar-refractivity contribution in [3.05, 3.63) is 46.1 Å². The first-order valence-corrected chi connectivity index (χ1v) is 9.65. The van der Waals surface area contributed by atoms with Gasteiger partial charge in [0, 0.05) is 16.6 Å². The van der Waals surface area contributed by atoms with Gasteiger partial charge in [0.05, 0.1) is 11.9 Å². The average molecular weight is 366 g/mol. The molecule has 5 nitrogen and oxygen atoms in total. The third kappa shape index (κ3) is 2.74. The summed E-state index contributed by atoms with van der Waals surface area (Å²) in [6.45, 7) is 8.37. The van der Waals surface area contributed by atoms with Gasteiger partial charge < -0.3 is 10.2 Å². The monoisotopic (exact) mass is 366 g/mol. The summed E-state index contributed by atoms with van der Waals surface area (Å²) < 4.78 is 0. The van der Waals surface area contributed by atoms with E-state index < -0.39 is 0 Å². The fourth-order valence-electron chi connectivity index (χ4n) is 3.67. The van der Waals surface area contributed by atoms with E-state index in [-0.39, 0.29) is 18.5 Å². The van der Waals surface area contributed by atoms with Crippen molar-refractivity contribution in [2.24, 2.45) is 0 Å². The van der Waals surface area contributed by atoms with Gasteiger partial charge >= 0.3 is 0 Å². The number of aryl methyl sites for hydroxylation is 3. The van der Waals surface area contributed by atoms with E-state index in [4.69, 9.17) is 0 Å². The molecule has 0 bridgehead atoms. The Labute approximate surface area is 157 Å². The number of anilines is 2. The number of amides is 1. The number of hydrogen-bond donors (Lipinski definition) is 1. The van der Waals surface area contributed by atoms with Gasteiger partial charge in [-0.25, -0.2) is 9.97 Å². The molecular weight excluding hydrogens is 344 g/mol. The SMILES string of the molecule is Cc1nc(NCC(=O)N2c3ccccc3CC2C)c2c(C)c(C)sc2n1. The number of carbonyl (C=O) groups excluding carboxylic acids is 1. The standard InChI is InChI=1S/C20H22N4OS/c1-11-9-15-7-5-6-8-16(15)24(11)17(25)10-21-19-18-12(2)13(3)26-20(18)23-14(4)22-19/h5-8,11H,9-10H2,1-4H3,(H,21,22,23). The molecule has 0 spiro atoms. The molecule has 6 heteroatoms. The van der Waals surface area contributed by atoms with Crippen molar-refractivity contribution in [2.75, 3.05) is 16.8 Å². The van der Waals surface area contributed by atoms with Crippen LogP contribution in [-0.4, -0.2) is 28.5 Å². The minimum Gasteiger partial charge on any atom is -0.360 e. The Morgan fingerprint density at radius 3 is 2.85 bits per heavy atom. The first-order valence-electron chi connectivity index (χ1n) is 8.84. The molecule has 1 N–H and O–H groups in total. The van der Waals surface area contributed by atoms with E-state index >= 15 is 0 Å². The van der Waals surface area contributed by atoms with E-state index in [1.165, 1.54) is 16.0 Å². The van der Waals surface area contributed by atoms with Crippen LogP contribution in [0.3, 0.4) is 0 Å². The van der Waals surface area contributed by atoms with E-state index in [2.05, 4.69) is 42.1 Å². The molecule has 26 heavy (non-hydrogen) atoms. The second-order valence-corrected chi connectivity index (χ2v) is 8.09. The lowest BCUT2D eigenvalue weighted by Crippen LogP contribution is -2.39. The molecule has 1 aliphatic heterocycles. The number of nitrogens with zero attached hydrogens (tertiary/aromatic N) is 3. The van der Waals surface area contributed by atoms with Gasteiger partial charge in [0.15, 0.2) is 0 Å². The zero-order chi connectivity index (χ0) is 18.4. The summed E-state index contributed by atoms with van der Waals surface area (Å²) >= 11 is 1.67. The second kappa shape index (κ2) is 6.36. The van der Waals surface area contributed by atoms with Gasteiger partial charge in [0.25, 0.3) is 0 Å². The molecule has 2 aromatic heterocycles. The zero-order valence-electron chi connectivity index (χ0n) is 15.5. The average Bonchev–Trinajstić information content (AvgIpc) is 3.08. The highest BCUT2D eigenvalue weighted by atomic mass is 32.1. The van der Waals surface area contributed by atoms with E-state index in [0.29, 0.717) is 5.82 Å². The normalized spacial score (nSPS) is 16.2. The van der Waals surface area contributed by atoms with Crippen LogP contribution in [0.5, 0.6) is 0 Å². The molecule has 134 valence electrons. The van der Waals surface area contributed by atoms with Gasteiger partial charge in [-0.1, -0.05) is 18.2 Å². The lowest BCUT2D eigenvalue weighted by molar-refractivity contribution is -0.117. The zero-order valence-corrected chi connectivity index (χ0v) is 16.3. The van der Waals surface area contributed by atoms with Crippen molar-refractivity contribution in [3.8, 4) is 0 Å². The Morgan fingerprint density at radius 2 is 2.04 bits per heavy atom. The van der Waals surface area contributed by atoms with Crippen molar-refractivity contribution in [3.63, 3.8) is 0 Å². The van der Waals surface area contributed by atoms with Crippen LogP contribution in [0.2, 0.25) is 0 Å². The molecule has 3 heterocycles. The highest BCUT2D eigenvalue weighted by Crippen LogP contribution is 2.34. The molecule has 1 atom stereocenters. The predicted octanol–water partition coefficient (Wildman–Crippen LogP) is 4.01.